The summed E-state index contributed by atoms with van der Waals surface area (Å²) in [6, 6.07) is 7.64. The van der Waals surface area contributed by atoms with Gasteiger partial charge in [0.05, 0.1) is 17.9 Å². The molecule has 1 aliphatic rings. The van der Waals surface area contributed by atoms with Gasteiger partial charge in [0.15, 0.2) is 0 Å². The van der Waals surface area contributed by atoms with Crippen LogP contribution < -0.4 is 0 Å². The molecule has 4 heteroatoms. The number of nitrogens with zero attached hydrogens (tertiary/aromatic N) is 1. The number of ether oxygens (including phenoxy) is 1. The molecule has 0 radical (unpaired) electrons. The van der Waals surface area contributed by atoms with Gasteiger partial charge in [0, 0.05) is 24.1 Å². The van der Waals surface area contributed by atoms with Crippen LogP contribution in [0.3, 0.4) is 0 Å². The summed E-state index contributed by atoms with van der Waals surface area (Å²) in [6.45, 7) is 1.90. The lowest BCUT2D eigenvalue weighted by Crippen LogP contribution is -2.05. The van der Waals surface area contributed by atoms with Gasteiger partial charge in [-0.2, -0.15) is 0 Å². The Balaban J connectivity index is 2.36. The van der Waals surface area contributed by atoms with Crippen molar-refractivity contribution in [3.8, 4) is 0 Å². The van der Waals surface area contributed by atoms with Gasteiger partial charge in [-0.3, -0.25) is 0 Å². The number of fused-ring (bicyclic) bond motifs is 3. The number of para-hydroxylation sites is 1. The zero-order valence-electron chi connectivity index (χ0n) is 9.35. The van der Waals surface area contributed by atoms with Gasteiger partial charge in [-0.15, -0.1) is 0 Å². The van der Waals surface area contributed by atoms with Crippen molar-refractivity contribution in [3.63, 3.8) is 0 Å². The van der Waals surface area contributed by atoms with Gasteiger partial charge in [-0.05, 0) is 12.5 Å². The molecule has 88 valence electrons. The maximum atomic E-state index is 11.4. The topological polar surface area (TPSA) is 51.5 Å². The van der Waals surface area contributed by atoms with Crippen molar-refractivity contribution in [2.75, 3.05) is 6.61 Å². The summed E-state index contributed by atoms with van der Waals surface area (Å²) in [6.07, 6.45) is 0.921. The highest BCUT2D eigenvalue weighted by molar-refractivity contribution is 6.05. The molecule has 17 heavy (non-hydrogen) atoms. The van der Waals surface area contributed by atoms with Crippen molar-refractivity contribution in [3.05, 3.63) is 35.5 Å². The number of aromatic nitrogens is 1. The fraction of sp³-hybridized carbons (Fsp3) is 0.308. The highest BCUT2D eigenvalue weighted by Gasteiger charge is 2.22. The van der Waals surface area contributed by atoms with E-state index < -0.39 is 5.97 Å². The molecule has 1 aliphatic heterocycles. The predicted octanol–water partition coefficient (Wildman–Crippen LogP) is 2.26. The number of hydrogen-bond donors (Lipinski definition) is 1. The number of hydrogen-bond acceptors (Lipinski definition) is 2. The summed E-state index contributed by atoms with van der Waals surface area (Å²) in [5.74, 6) is -0.875. The van der Waals surface area contributed by atoms with E-state index in [0.717, 1.165) is 29.6 Å². The molecule has 0 fully saturated rings. The highest BCUT2D eigenvalue weighted by Crippen LogP contribution is 2.28. The molecular weight excluding hydrogens is 218 g/mol. The predicted molar refractivity (Wildman–Crippen MR) is 63.2 cm³/mol. The van der Waals surface area contributed by atoms with E-state index in [2.05, 4.69) is 4.57 Å². The van der Waals surface area contributed by atoms with Crippen molar-refractivity contribution < 1.29 is 14.6 Å². The first-order valence-corrected chi connectivity index (χ1v) is 5.70. The van der Waals surface area contributed by atoms with E-state index in [-0.39, 0.29) is 0 Å². The maximum absolute atomic E-state index is 11.4. The van der Waals surface area contributed by atoms with Gasteiger partial charge in [0.25, 0.3) is 0 Å². The van der Waals surface area contributed by atoms with Crippen LogP contribution in [0.2, 0.25) is 0 Å². The second-order valence-corrected chi connectivity index (χ2v) is 4.20. The van der Waals surface area contributed by atoms with Crippen molar-refractivity contribution in [1.29, 1.82) is 0 Å². The third-order valence-corrected chi connectivity index (χ3v) is 3.20. The van der Waals surface area contributed by atoms with Gasteiger partial charge < -0.3 is 14.4 Å². The Morgan fingerprint density at radius 3 is 3.00 bits per heavy atom. The fourth-order valence-corrected chi connectivity index (χ4v) is 2.49. The van der Waals surface area contributed by atoms with Crippen LogP contribution in [0.5, 0.6) is 0 Å². The van der Waals surface area contributed by atoms with Crippen LogP contribution in [0.25, 0.3) is 10.9 Å². The molecule has 4 nitrogen and oxygen atoms in total. The lowest BCUT2D eigenvalue weighted by molar-refractivity contribution is 0.0690. The van der Waals surface area contributed by atoms with E-state index in [1.54, 1.807) is 0 Å². The summed E-state index contributed by atoms with van der Waals surface area (Å²) in [7, 11) is 0. The highest BCUT2D eigenvalue weighted by atomic mass is 16.5. The molecule has 1 aromatic carbocycles. The summed E-state index contributed by atoms with van der Waals surface area (Å²) in [5, 5.41) is 10.2. The molecule has 0 aliphatic carbocycles. The van der Waals surface area contributed by atoms with Crippen LogP contribution in [0.15, 0.2) is 24.3 Å². The van der Waals surface area contributed by atoms with E-state index in [1.807, 2.05) is 24.3 Å². The molecule has 0 amide bonds. The number of rotatable bonds is 1. The Morgan fingerprint density at radius 1 is 1.35 bits per heavy atom. The molecule has 0 spiro atoms. The molecule has 1 aromatic heterocycles. The summed E-state index contributed by atoms with van der Waals surface area (Å²) < 4.78 is 7.53. The zero-order chi connectivity index (χ0) is 11.8. The lowest BCUT2D eigenvalue weighted by atomic mass is 10.1. The average molecular weight is 231 g/mol. The van der Waals surface area contributed by atoms with Gasteiger partial charge in [0.1, 0.15) is 0 Å². The standard InChI is InChI=1S/C13H13NO3/c15-13(16)12-9-4-1-2-5-10(9)14-6-3-7-17-8-11(12)14/h1-2,4-5H,3,6-8H2,(H,15,16). The van der Waals surface area contributed by atoms with Crippen LogP contribution in [-0.2, 0) is 17.9 Å². The number of carbonyl (C=O) groups is 1. The number of aromatic carboxylic acids is 1. The van der Waals surface area contributed by atoms with E-state index in [9.17, 15) is 9.90 Å². The van der Waals surface area contributed by atoms with Crippen molar-refractivity contribution in [2.45, 2.75) is 19.6 Å². The lowest BCUT2D eigenvalue weighted by Gasteiger charge is -2.04. The first-order valence-electron chi connectivity index (χ1n) is 5.70. The van der Waals surface area contributed by atoms with E-state index in [0.29, 0.717) is 18.8 Å². The third kappa shape index (κ3) is 1.52. The molecule has 2 aromatic rings. The van der Waals surface area contributed by atoms with Crippen molar-refractivity contribution in [1.82, 2.24) is 4.57 Å². The SMILES string of the molecule is O=C(O)c1c2n(c3ccccc13)CCCOC2. The summed E-state index contributed by atoms with van der Waals surface area (Å²) >= 11 is 0. The van der Waals surface area contributed by atoms with Crippen LogP contribution in [0.4, 0.5) is 0 Å². The molecular formula is C13H13NO3. The molecule has 0 saturated heterocycles. The Hall–Kier alpha value is -1.81. The molecule has 3 rings (SSSR count). The normalized spacial score (nSPS) is 15.5. The van der Waals surface area contributed by atoms with E-state index in [1.165, 1.54) is 0 Å². The zero-order valence-corrected chi connectivity index (χ0v) is 9.35. The Kier molecular flexibility index (Phi) is 2.37. The molecule has 0 bridgehead atoms. The van der Waals surface area contributed by atoms with Crippen LogP contribution in [-0.4, -0.2) is 22.2 Å². The fourth-order valence-electron chi connectivity index (χ4n) is 2.49. The number of benzene rings is 1. The van der Waals surface area contributed by atoms with Gasteiger partial charge in [-0.25, -0.2) is 4.79 Å². The van der Waals surface area contributed by atoms with E-state index >= 15 is 0 Å². The van der Waals surface area contributed by atoms with Crippen LogP contribution >= 0.6 is 0 Å². The number of carboxylic acid groups (broad SMARTS) is 1. The second-order valence-electron chi connectivity index (χ2n) is 4.20. The Bertz CT molecular complexity index is 586. The van der Waals surface area contributed by atoms with Crippen molar-refractivity contribution >= 4 is 16.9 Å². The van der Waals surface area contributed by atoms with Gasteiger partial charge in [0.2, 0.25) is 0 Å². The average Bonchev–Trinajstić information content (AvgIpc) is 2.48. The first-order chi connectivity index (χ1) is 8.29. The third-order valence-electron chi connectivity index (χ3n) is 3.20. The molecule has 0 atom stereocenters. The maximum Gasteiger partial charge on any atom is 0.338 e. The quantitative estimate of drug-likeness (QED) is 0.819. The van der Waals surface area contributed by atoms with Crippen LogP contribution in [0.1, 0.15) is 22.5 Å². The molecule has 0 saturated carbocycles. The van der Waals surface area contributed by atoms with Crippen LogP contribution in [0, 0.1) is 0 Å². The number of aryl methyl sites for hydroxylation is 1. The molecule has 2 heterocycles. The first kappa shape index (κ1) is 10.4. The minimum Gasteiger partial charge on any atom is -0.478 e. The van der Waals surface area contributed by atoms with Crippen molar-refractivity contribution in [2.24, 2.45) is 0 Å². The molecule has 1 N–H and O–H groups in total. The number of carboxylic acids is 1. The van der Waals surface area contributed by atoms with E-state index in [4.69, 9.17) is 4.74 Å². The monoisotopic (exact) mass is 231 g/mol. The largest absolute Gasteiger partial charge is 0.478 e. The Labute approximate surface area is 98.4 Å². The minimum atomic E-state index is -0.875. The Morgan fingerprint density at radius 2 is 2.18 bits per heavy atom. The minimum absolute atomic E-state index is 0.385. The smallest absolute Gasteiger partial charge is 0.338 e. The van der Waals surface area contributed by atoms with Gasteiger partial charge >= 0.3 is 5.97 Å². The second kappa shape index (κ2) is 3.89. The van der Waals surface area contributed by atoms with Gasteiger partial charge in [-0.1, -0.05) is 18.2 Å². The summed E-state index contributed by atoms with van der Waals surface area (Å²) in [4.78, 5) is 11.4. The summed E-state index contributed by atoms with van der Waals surface area (Å²) in [5.41, 5.74) is 2.17. The molecule has 0 unspecified atom stereocenters.